The third kappa shape index (κ3) is 16.3. The molecule has 0 aromatic carbocycles. The molecule has 3 N–H and O–H groups in total. The van der Waals surface area contributed by atoms with Crippen molar-refractivity contribution >= 4 is 17.9 Å². The Balaban J connectivity index is 0. The van der Waals surface area contributed by atoms with E-state index in [1.54, 1.807) is 6.92 Å². The summed E-state index contributed by atoms with van der Waals surface area (Å²) in [6.45, 7) is 5.29. The second-order valence-corrected chi connectivity index (χ2v) is 3.00. The van der Waals surface area contributed by atoms with Crippen molar-refractivity contribution in [1.29, 1.82) is 0 Å². The maximum atomic E-state index is 10.6. The van der Waals surface area contributed by atoms with Crippen LogP contribution in [0, 0.1) is 0 Å². The van der Waals surface area contributed by atoms with Crippen molar-refractivity contribution in [2.45, 2.75) is 13.3 Å². The third-order valence-corrected chi connectivity index (χ3v) is 1.25. The predicted molar refractivity (Wildman–Crippen MR) is 61.9 cm³/mol. The molecule has 7 nitrogen and oxygen atoms in total. The fraction of sp³-hybridized carbons (Fsp3) is 0.364. The Morgan fingerprint density at radius 2 is 1.61 bits per heavy atom. The number of carboxylic acid groups (broad SMARTS) is 2. The van der Waals surface area contributed by atoms with Crippen LogP contribution < -0.4 is 0 Å². The molecule has 0 aliphatic heterocycles. The topological polar surface area (TPSA) is 121 Å². The number of carbonyl (C=O) groups is 3. The molecule has 0 fully saturated rings. The van der Waals surface area contributed by atoms with Crippen LogP contribution in [0.3, 0.4) is 0 Å². The van der Waals surface area contributed by atoms with E-state index in [-0.39, 0.29) is 13.2 Å². The zero-order chi connectivity index (χ0) is 14.6. The number of rotatable bonds is 6. The first kappa shape index (κ1) is 18.2. The van der Waals surface area contributed by atoms with Gasteiger partial charge in [0.1, 0.15) is 0 Å². The molecule has 0 aromatic heterocycles. The Labute approximate surface area is 104 Å². The Morgan fingerprint density at radius 1 is 1.17 bits per heavy atom. The molecular formula is C11H16O7. The highest BCUT2D eigenvalue weighted by Crippen LogP contribution is 1.92. The number of carbonyl (C=O) groups excluding carboxylic acids is 1. The second-order valence-electron chi connectivity index (χ2n) is 3.00. The van der Waals surface area contributed by atoms with Gasteiger partial charge in [-0.1, -0.05) is 6.58 Å². The van der Waals surface area contributed by atoms with Crippen molar-refractivity contribution in [2.24, 2.45) is 0 Å². The van der Waals surface area contributed by atoms with Crippen molar-refractivity contribution in [3.63, 3.8) is 0 Å². The van der Waals surface area contributed by atoms with Gasteiger partial charge in [0, 0.05) is 30.8 Å². The molecule has 102 valence electrons. The summed E-state index contributed by atoms with van der Waals surface area (Å²) in [4.78, 5) is 29.7. The van der Waals surface area contributed by atoms with Gasteiger partial charge >= 0.3 is 17.9 Å². The molecule has 0 bridgehead atoms. The highest BCUT2D eigenvalue weighted by Gasteiger charge is 2.00. The molecule has 0 saturated carbocycles. The lowest BCUT2D eigenvalue weighted by Crippen LogP contribution is -2.06. The number of hydrogen-bond donors (Lipinski definition) is 3. The number of carboxylic acids is 2. The van der Waals surface area contributed by atoms with Gasteiger partial charge in [0.2, 0.25) is 0 Å². The molecule has 0 unspecified atom stereocenters. The van der Waals surface area contributed by atoms with E-state index in [2.05, 4.69) is 11.3 Å². The molecule has 18 heavy (non-hydrogen) atoms. The van der Waals surface area contributed by atoms with Gasteiger partial charge < -0.3 is 20.1 Å². The Hall–Kier alpha value is -2.15. The monoisotopic (exact) mass is 260 g/mol. The summed E-state index contributed by atoms with van der Waals surface area (Å²) in [5, 5.41) is 23.9. The summed E-state index contributed by atoms with van der Waals surface area (Å²) >= 11 is 0. The summed E-state index contributed by atoms with van der Waals surface area (Å²) < 4.78 is 4.65. The van der Waals surface area contributed by atoms with Gasteiger partial charge in [-0.25, -0.2) is 14.4 Å². The van der Waals surface area contributed by atoms with E-state index < -0.39 is 17.9 Å². The third-order valence-electron chi connectivity index (χ3n) is 1.25. The molecule has 0 rings (SSSR count). The molecule has 0 atom stereocenters. The van der Waals surface area contributed by atoms with Gasteiger partial charge in [-0.2, -0.15) is 0 Å². The van der Waals surface area contributed by atoms with Gasteiger partial charge in [0.15, 0.2) is 0 Å². The highest BCUT2D eigenvalue weighted by atomic mass is 16.5. The van der Waals surface area contributed by atoms with Gasteiger partial charge in [-0.3, -0.25) is 0 Å². The van der Waals surface area contributed by atoms with Gasteiger partial charge in [-0.05, 0) is 6.92 Å². The van der Waals surface area contributed by atoms with Crippen molar-refractivity contribution in [2.75, 3.05) is 13.2 Å². The summed E-state index contributed by atoms with van der Waals surface area (Å²) in [6, 6.07) is 0. The zero-order valence-corrected chi connectivity index (χ0v) is 9.96. The normalized spacial score (nSPS) is 9.22. The number of ether oxygens (including phenoxy) is 1. The van der Waals surface area contributed by atoms with Crippen LogP contribution in [0.25, 0.3) is 0 Å². The van der Waals surface area contributed by atoms with E-state index in [1.165, 1.54) is 0 Å². The van der Waals surface area contributed by atoms with E-state index in [0.717, 1.165) is 0 Å². The minimum absolute atomic E-state index is 0.0451. The van der Waals surface area contributed by atoms with Crippen LogP contribution in [0.1, 0.15) is 13.3 Å². The quantitative estimate of drug-likeness (QED) is 0.354. The first-order chi connectivity index (χ1) is 8.31. The molecule has 0 aliphatic rings. The van der Waals surface area contributed by atoms with Crippen LogP contribution in [0.4, 0.5) is 0 Å². The van der Waals surface area contributed by atoms with Crippen LogP contribution >= 0.6 is 0 Å². The molecule has 0 heterocycles. The Kier molecular flexibility index (Phi) is 11.5. The molecule has 0 aromatic rings. The molecule has 0 amide bonds. The predicted octanol–water partition coefficient (Wildman–Crippen LogP) is 0.200. The maximum Gasteiger partial charge on any atom is 0.333 e. The van der Waals surface area contributed by atoms with E-state index in [1.807, 2.05) is 0 Å². The SMILES string of the molecule is C=C(C)C(=O)OCCCO.O=C(O)/C=C\C(=O)O. The van der Waals surface area contributed by atoms with Gasteiger partial charge in [0.05, 0.1) is 6.61 Å². The molecule has 0 radical (unpaired) electrons. The van der Waals surface area contributed by atoms with Crippen LogP contribution in [0.2, 0.25) is 0 Å². The molecule has 0 aliphatic carbocycles. The lowest BCUT2D eigenvalue weighted by atomic mass is 10.4. The van der Waals surface area contributed by atoms with E-state index in [9.17, 15) is 14.4 Å². The minimum atomic E-state index is -1.26. The summed E-state index contributed by atoms with van der Waals surface area (Å²) in [6.07, 6.45) is 1.60. The van der Waals surface area contributed by atoms with Crippen molar-refractivity contribution in [3.8, 4) is 0 Å². The lowest BCUT2D eigenvalue weighted by Gasteiger charge is -2.00. The summed E-state index contributed by atoms with van der Waals surface area (Å²) in [7, 11) is 0. The summed E-state index contributed by atoms with van der Waals surface area (Å²) in [5.41, 5.74) is 0.387. The first-order valence-corrected chi connectivity index (χ1v) is 4.88. The minimum Gasteiger partial charge on any atom is -0.478 e. The van der Waals surface area contributed by atoms with E-state index in [4.69, 9.17) is 15.3 Å². The highest BCUT2D eigenvalue weighted by molar-refractivity contribution is 5.89. The van der Waals surface area contributed by atoms with E-state index in [0.29, 0.717) is 24.1 Å². The smallest absolute Gasteiger partial charge is 0.333 e. The average molecular weight is 260 g/mol. The Morgan fingerprint density at radius 3 is 1.89 bits per heavy atom. The average Bonchev–Trinajstić information content (AvgIpc) is 2.27. The molecule has 7 heteroatoms. The number of hydrogen-bond acceptors (Lipinski definition) is 5. The maximum absolute atomic E-state index is 10.6. The fourth-order valence-electron chi connectivity index (χ4n) is 0.495. The standard InChI is InChI=1S/C7H12O3.C4H4O4/c1-6(2)7(9)10-5-3-4-8;5-3(6)1-2-4(7)8/h8H,1,3-5H2,2H3;1-2H,(H,5,6)(H,7,8)/b;2-1-. The van der Waals surface area contributed by atoms with Gasteiger partial charge in [-0.15, -0.1) is 0 Å². The van der Waals surface area contributed by atoms with Crippen LogP contribution in [0.5, 0.6) is 0 Å². The number of aliphatic carboxylic acids is 2. The molecule has 0 spiro atoms. The summed E-state index contributed by atoms with van der Waals surface area (Å²) in [5.74, 6) is -2.91. The van der Waals surface area contributed by atoms with Crippen molar-refractivity contribution in [1.82, 2.24) is 0 Å². The van der Waals surface area contributed by atoms with Crippen LogP contribution in [0.15, 0.2) is 24.3 Å². The van der Waals surface area contributed by atoms with Crippen molar-refractivity contribution < 1.29 is 34.4 Å². The largest absolute Gasteiger partial charge is 0.478 e. The molecule has 0 saturated heterocycles. The van der Waals surface area contributed by atoms with Crippen LogP contribution in [-0.2, 0) is 19.1 Å². The number of aliphatic hydroxyl groups is 1. The number of aliphatic hydroxyl groups excluding tert-OH is 1. The zero-order valence-electron chi connectivity index (χ0n) is 9.96. The number of esters is 1. The Bertz CT molecular complexity index is 314. The molecular weight excluding hydrogens is 244 g/mol. The first-order valence-electron chi connectivity index (χ1n) is 4.88. The lowest BCUT2D eigenvalue weighted by molar-refractivity contribution is -0.139. The van der Waals surface area contributed by atoms with E-state index >= 15 is 0 Å². The van der Waals surface area contributed by atoms with Gasteiger partial charge in [0.25, 0.3) is 0 Å². The van der Waals surface area contributed by atoms with Crippen LogP contribution in [-0.4, -0.2) is 46.4 Å². The fourth-order valence-corrected chi connectivity index (χ4v) is 0.495. The second kappa shape index (κ2) is 11.3. The van der Waals surface area contributed by atoms with Crippen molar-refractivity contribution in [3.05, 3.63) is 24.3 Å².